The summed E-state index contributed by atoms with van der Waals surface area (Å²) in [6.07, 6.45) is 3.52. The zero-order valence-corrected chi connectivity index (χ0v) is 9.72. The predicted molar refractivity (Wildman–Crippen MR) is 56.0 cm³/mol. The third-order valence-electron chi connectivity index (χ3n) is 2.15. The molecule has 0 N–H and O–H groups in total. The fraction of sp³-hybridized carbons (Fsp3) is 1.00. The number of hydrogen-bond donors (Lipinski definition) is 0. The zero-order chi connectivity index (χ0) is 10.3. The number of rotatable bonds is 7. The largest absolute Gasteiger partial charge is 0.382 e. The normalized spacial score (nSPS) is 14.5. The highest BCUT2D eigenvalue weighted by atomic mass is 16.5. The lowest BCUT2D eigenvalue weighted by atomic mass is 10.0. The first-order valence-corrected chi connectivity index (χ1v) is 5.22. The molecule has 0 aromatic carbocycles. The van der Waals surface area contributed by atoms with E-state index in [4.69, 9.17) is 9.47 Å². The summed E-state index contributed by atoms with van der Waals surface area (Å²) in [4.78, 5) is 0. The van der Waals surface area contributed by atoms with Gasteiger partial charge in [-0.25, -0.2) is 0 Å². The molecule has 0 aromatic heterocycles. The summed E-state index contributed by atoms with van der Waals surface area (Å²) in [5.41, 5.74) is -0.00600. The molecular formula is C11H24O2. The number of methoxy groups -OCH3 is 1. The molecule has 1 atom stereocenters. The smallest absolute Gasteiger partial charge is 0.0813 e. The van der Waals surface area contributed by atoms with Gasteiger partial charge in [-0.15, -0.1) is 0 Å². The van der Waals surface area contributed by atoms with E-state index >= 15 is 0 Å². The van der Waals surface area contributed by atoms with E-state index < -0.39 is 0 Å². The van der Waals surface area contributed by atoms with Crippen molar-refractivity contribution in [2.45, 2.75) is 58.7 Å². The summed E-state index contributed by atoms with van der Waals surface area (Å²) in [6.45, 7) is 9.31. The van der Waals surface area contributed by atoms with Crippen LogP contribution in [-0.4, -0.2) is 25.4 Å². The second-order valence-corrected chi connectivity index (χ2v) is 4.11. The van der Waals surface area contributed by atoms with Gasteiger partial charge in [0.15, 0.2) is 0 Å². The molecule has 0 aliphatic rings. The molecule has 0 heterocycles. The molecule has 0 amide bonds. The third-order valence-corrected chi connectivity index (χ3v) is 2.15. The quantitative estimate of drug-likeness (QED) is 0.611. The van der Waals surface area contributed by atoms with Crippen LogP contribution >= 0.6 is 0 Å². The standard InChI is InChI=1S/C11H24O2/c1-6-8-11(3,4)13-10(7-2)9-12-5/h10H,6-9H2,1-5H3. The van der Waals surface area contributed by atoms with Gasteiger partial charge in [-0.2, -0.15) is 0 Å². The Kier molecular flexibility index (Phi) is 6.35. The molecule has 0 spiro atoms. The van der Waals surface area contributed by atoms with Gasteiger partial charge in [-0.3, -0.25) is 0 Å². The molecule has 13 heavy (non-hydrogen) atoms. The molecule has 0 saturated carbocycles. The molecular weight excluding hydrogens is 164 g/mol. The van der Waals surface area contributed by atoms with Gasteiger partial charge < -0.3 is 9.47 Å². The van der Waals surface area contributed by atoms with Crippen LogP contribution in [0.1, 0.15) is 47.0 Å². The van der Waals surface area contributed by atoms with Crippen LogP contribution in [-0.2, 0) is 9.47 Å². The van der Waals surface area contributed by atoms with E-state index in [-0.39, 0.29) is 11.7 Å². The first-order valence-electron chi connectivity index (χ1n) is 5.22. The van der Waals surface area contributed by atoms with Crippen molar-refractivity contribution in [3.63, 3.8) is 0 Å². The maximum absolute atomic E-state index is 5.94. The fourth-order valence-electron chi connectivity index (χ4n) is 1.53. The molecule has 0 saturated heterocycles. The summed E-state index contributed by atoms with van der Waals surface area (Å²) in [5.74, 6) is 0. The van der Waals surface area contributed by atoms with Crippen LogP contribution in [0.15, 0.2) is 0 Å². The highest BCUT2D eigenvalue weighted by Gasteiger charge is 2.21. The van der Waals surface area contributed by atoms with Gasteiger partial charge >= 0.3 is 0 Å². The predicted octanol–water partition coefficient (Wildman–Crippen LogP) is 3.01. The van der Waals surface area contributed by atoms with Crippen LogP contribution in [0.2, 0.25) is 0 Å². The molecule has 2 nitrogen and oxygen atoms in total. The van der Waals surface area contributed by atoms with Crippen molar-refractivity contribution in [3.05, 3.63) is 0 Å². The first-order chi connectivity index (χ1) is 6.05. The Labute approximate surface area is 82.6 Å². The highest BCUT2D eigenvalue weighted by Crippen LogP contribution is 2.19. The minimum atomic E-state index is -0.00600. The van der Waals surface area contributed by atoms with Crippen molar-refractivity contribution >= 4 is 0 Å². The van der Waals surface area contributed by atoms with Crippen molar-refractivity contribution in [1.29, 1.82) is 0 Å². The van der Waals surface area contributed by atoms with Gasteiger partial charge in [-0.1, -0.05) is 20.3 Å². The Morgan fingerprint density at radius 1 is 1.23 bits per heavy atom. The van der Waals surface area contributed by atoms with Crippen LogP contribution in [0.3, 0.4) is 0 Å². The maximum atomic E-state index is 5.94. The van der Waals surface area contributed by atoms with Crippen molar-refractivity contribution in [3.8, 4) is 0 Å². The summed E-state index contributed by atoms with van der Waals surface area (Å²) in [5, 5.41) is 0. The van der Waals surface area contributed by atoms with Crippen molar-refractivity contribution < 1.29 is 9.47 Å². The average Bonchev–Trinajstić information content (AvgIpc) is 2.03. The third kappa shape index (κ3) is 6.05. The summed E-state index contributed by atoms with van der Waals surface area (Å²) >= 11 is 0. The lowest BCUT2D eigenvalue weighted by Gasteiger charge is -2.30. The Morgan fingerprint density at radius 2 is 1.85 bits per heavy atom. The molecule has 80 valence electrons. The Hall–Kier alpha value is -0.0800. The average molecular weight is 188 g/mol. The van der Waals surface area contributed by atoms with Crippen LogP contribution in [0.4, 0.5) is 0 Å². The second kappa shape index (κ2) is 6.39. The van der Waals surface area contributed by atoms with E-state index in [0.717, 1.165) is 19.3 Å². The number of ether oxygens (including phenoxy) is 2. The van der Waals surface area contributed by atoms with Crippen molar-refractivity contribution in [1.82, 2.24) is 0 Å². The van der Waals surface area contributed by atoms with Gasteiger partial charge in [0, 0.05) is 7.11 Å². The Morgan fingerprint density at radius 3 is 2.23 bits per heavy atom. The maximum Gasteiger partial charge on any atom is 0.0813 e. The van der Waals surface area contributed by atoms with Crippen LogP contribution in [0.25, 0.3) is 0 Å². The van der Waals surface area contributed by atoms with E-state index in [2.05, 4.69) is 27.7 Å². The van der Waals surface area contributed by atoms with Crippen LogP contribution in [0, 0.1) is 0 Å². The van der Waals surface area contributed by atoms with Crippen LogP contribution < -0.4 is 0 Å². The zero-order valence-electron chi connectivity index (χ0n) is 9.72. The lowest BCUT2D eigenvalue weighted by Crippen LogP contribution is -2.32. The second-order valence-electron chi connectivity index (χ2n) is 4.11. The topological polar surface area (TPSA) is 18.5 Å². The first kappa shape index (κ1) is 12.9. The Bertz CT molecular complexity index is 121. The SMILES string of the molecule is CCCC(C)(C)OC(CC)COC. The minimum Gasteiger partial charge on any atom is -0.382 e. The highest BCUT2D eigenvalue weighted by molar-refractivity contribution is 4.70. The molecule has 0 rings (SSSR count). The molecule has 0 aromatic rings. The van der Waals surface area contributed by atoms with Gasteiger partial charge in [0.05, 0.1) is 18.3 Å². The lowest BCUT2D eigenvalue weighted by molar-refractivity contribution is -0.100. The van der Waals surface area contributed by atoms with Crippen molar-refractivity contribution in [2.24, 2.45) is 0 Å². The van der Waals surface area contributed by atoms with Gasteiger partial charge in [0.1, 0.15) is 0 Å². The van der Waals surface area contributed by atoms with Crippen LogP contribution in [0.5, 0.6) is 0 Å². The summed E-state index contributed by atoms with van der Waals surface area (Å²) in [6, 6.07) is 0. The van der Waals surface area contributed by atoms with E-state index in [1.807, 2.05) is 0 Å². The van der Waals surface area contributed by atoms with E-state index in [1.165, 1.54) is 0 Å². The van der Waals surface area contributed by atoms with Gasteiger partial charge in [0.25, 0.3) is 0 Å². The van der Waals surface area contributed by atoms with E-state index in [1.54, 1.807) is 7.11 Å². The van der Waals surface area contributed by atoms with E-state index in [0.29, 0.717) is 6.61 Å². The molecule has 0 fully saturated rings. The minimum absolute atomic E-state index is 0.00600. The summed E-state index contributed by atoms with van der Waals surface area (Å²) in [7, 11) is 1.72. The molecule has 0 bridgehead atoms. The molecule has 0 radical (unpaired) electrons. The molecule has 0 aliphatic carbocycles. The summed E-state index contributed by atoms with van der Waals surface area (Å²) < 4.78 is 11.0. The molecule has 0 aliphatic heterocycles. The van der Waals surface area contributed by atoms with E-state index in [9.17, 15) is 0 Å². The Balaban J connectivity index is 3.89. The van der Waals surface area contributed by atoms with Gasteiger partial charge in [-0.05, 0) is 26.7 Å². The van der Waals surface area contributed by atoms with Gasteiger partial charge in [0.2, 0.25) is 0 Å². The monoisotopic (exact) mass is 188 g/mol. The fourth-order valence-corrected chi connectivity index (χ4v) is 1.53. The van der Waals surface area contributed by atoms with Crippen molar-refractivity contribution in [2.75, 3.05) is 13.7 Å². The molecule has 2 heteroatoms. The number of hydrogen-bond acceptors (Lipinski definition) is 2. The molecule has 1 unspecified atom stereocenters.